The number of nitrogens with zero attached hydrogens (tertiary/aromatic N) is 2. The van der Waals surface area contributed by atoms with Crippen molar-refractivity contribution in [3.63, 3.8) is 0 Å². The molecule has 2 N–H and O–H groups in total. The van der Waals surface area contributed by atoms with Crippen LogP contribution in [0.5, 0.6) is 0 Å². The third kappa shape index (κ3) is 3.47. The van der Waals surface area contributed by atoms with Crippen LogP contribution in [0.3, 0.4) is 0 Å². The zero-order valence-electron chi connectivity index (χ0n) is 13.0. The van der Waals surface area contributed by atoms with E-state index in [2.05, 4.69) is 27.5 Å². The van der Waals surface area contributed by atoms with E-state index in [0.29, 0.717) is 35.7 Å². The van der Waals surface area contributed by atoms with Gasteiger partial charge < -0.3 is 10.6 Å². The zero-order chi connectivity index (χ0) is 16.2. The summed E-state index contributed by atoms with van der Waals surface area (Å²) in [4.78, 5) is 14.4. The van der Waals surface area contributed by atoms with Gasteiger partial charge in [-0.25, -0.2) is 4.79 Å². The molecule has 3 heterocycles. The monoisotopic (exact) mass is 308 g/mol. The molecule has 0 spiro atoms. The normalized spacial score (nSPS) is 28.4. The van der Waals surface area contributed by atoms with Crippen molar-refractivity contribution < 1.29 is 4.79 Å². The summed E-state index contributed by atoms with van der Waals surface area (Å²) >= 11 is 0. The number of anilines is 1. The maximum Gasteiger partial charge on any atom is 0.319 e. The van der Waals surface area contributed by atoms with Crippen molar-refractivity contribution in [3.05, 3.63) is 29.8 Å². The van der Waals surface area contributed by atoms with Gasteiger partial charge in [0.1, 0.15) is 0 Å². The zero-order valence-corrected chi connectivity index (χ0v) is 13.0. The van der Waals surface area contributed by atoms with Crippen molar-refractivity contribution in [1.29, 1.82) is 5.26 Å². The number of hydrogen-bond acceptors (Lipinski definition) is 3. The quantitative estimate of drug-likeness (QED) is 0.840. The second-order valence-electron chi connectivity index (χ2n) is 6.23. The molecule has 3 saturated heterocycles. The molecule has 1 aromatic carbocycles. The Morgan fingerprint density at radius 3 is 3.04 bits per heavy atom. The molecular formula is C18H20N4O. The fraction of sp³-hybridized carbons (Fsp3) is 0.444. The van der Waals surface area contributed by atoms with Gasteiger partial charge in [-0.2, -0.15) is 5.26 Å². The summed E-state index contributed by atoms with van der Waals surface area (Å²) in [6.45, 7) is 2.64. The van der Waals surface area contributed by atoms with E-state index in [4.69, 9.17) is 11.7 Å². The summed E-state index contributed by atoms with van der Waals surface area (Å²) in [6.07, 6.45) is 7.81. The minimum atomic E-state index is -0.240. The lowest BCUT2D eigenvalue weighted by Crippen LogP contribution is -2.56. The standard InChI is InChI=1S/C18H20N4O/c1-2-14-12-22-7-6-15(14)9-17(22)11-20-18(23)21-16-5-3-4-13(8-16)10-19/h1,3-5,8,14-15,17H,6-7,9,11-12H2,(H2,20,21,23)/t14-,15-,17+/m0/s1. The molecule has 0 aromatic heterocycles. The lowest BCUT2D eigenvalue weighted by Gasteiger charge is -2.48. The molecule has 1 unspecified atom stereocenters. The van der Waals surface area contributed by atoms with Crippen molar-refractivity contribution in [2.24, 2.45) is 11.8 Å². The van der Waals surface area contributed by atoms with E-state index in [-0.39, 0.29) is 6.03 Å². The van der Waals surface area contributed by atoms with E-state index < -0.39 is 0 Å². The van der Waals surface area contributed by atoms with E-state index >= 15 is 0 Å². The molecule has 5 heteroatoms. The van der Waals surface area contributed by atoms with E-state index in [9.17, 15) is 4.79 Å². The van der Waals surface area contributed by atoms with Gasteiger partial charge >= 0.3 is 6.03 Å². The highest BCUT2D eigenvalue weighted by Crippen LogP contribution is 2.35. The highest BCUT2D eigenvalue weighted by molar-refractivity contribution is 5.89. The summed E-state index contributed by atoms with van der Waals surface area (Å²) in [5.74, 6) is 3.85. The molecule has 118 valence electrons. The average molecular weight is 308 g/mol. The largest absolute Gasteiger partial charge is 0.336 e. The van der Waals surface area contributed by atoms with Crippen LogP contribution in [0.25, 0.3) is 0 Å². The highest BCUT2D eigenvalue weighted by atomic mass is 16.2. The second kappa shape index (κ2) is 6.73. The number of terminal acetylenes is 1. The van der Waals surface area contributed by atoms with Gasteiger partial charge in [0.05, 0.1) is 11.6 Å². The first-order chi connectivity index (χ1) is 11.2. The molecule has 4 atom stereocenters. The van der Waals surface area contributed by atoms with Crippen molar-refractivity contribution >= 4 is 11.7 Å². The molecule has 5 nitrogen and oxygen atoms in total. The fourth-order valence-corrected chi connectivity index (χ4v) is 3.59. The molecule has 3 fully saturated rings. The Balaban J connectivity index is 1.50. The van der Waals surface area contributed by atoms with Crippen LogP contribution in [0.4, 0.5) is 10.5 Å². The van der Waals surface area contributed by atoms with Crippen molar-refractivity contribution in [1.82, 2.24) is 10.2 Å². The number of rotatable bonds is 3. The van der Waals surface area contributed by atoms with Crippen LogP contribution in [-0.2, 0) is 0 Å². The van der Waals surface area contributed by atoms with Gasteiger partial charge in [-0.1, -0.05) is 6.07 Å². The molecule has 23 heavy (non-hydrogen) atoms. The topological polar surface area (TPSA) is 68.2 Å². The van der Waals surface area contributed by atoms with Crippen molar-refractivity contribution in [2.75, 3.05) is 25.0 Å². The molecule has 2 amide bonds. The maximum atomic E-state index is 12.0. The molecule has 3 aliphatic rings. The lowest BCUT2D eigenvalue weighted by molar-refractivity contribution is 0.0242. The SMILES string of the molecule is C#C[C@H]1CN2CC[C@H]1C[C@@H]2CNC(=O)Nc1cccc(C#N)c1. The Hall–Kier alpha value is -2.50. The van der Waals surface area contributed by atoms with Crippen LogP contribution in [0.2, 0.25) is 0 Å². The van der Waals surface area contributed by atoms with Crippen LogP contribution in [-0.4, -0.2) is 36.6 Å². The molecule has 1 aromatic rings. The number of nitriles is 1. The maximum absolute atomic E-state index is 12.0. The van der Waals surface area contributed by atoms with Crippen LogP contribution < -0.4 is 10.6 Å². The molecule has 0 saturated carbocycles. The predicted molar refractivity (Wildman–Crippen MR) is 88.6 cm³/mol. The number of carbonyl (C=O) groups is 1. The third-order valence-electron chi connectivity index (χ3n) is 4.84. The molecule has 3 aliphatic heterocycles. The molecule has 4 rings (SSSR count). The summed E-state index contributed by atoms with van der Waals surface area (Å²) in [6, 6.07) is 9.07. The number of hydrogen-bond donors (Lipinski definition) is 2. The van der Waals surface area contributed by atoms with Crippen LogP contribution in [0.1, 0.15) is 18.4 Å². The van der Waals surface area contributed by atoms with E-state index in [1.807, 2.05) is 0 Å². The molecule has 0 aliphatic carbocycles. The van der Waals surface area contributed by atoms with Gasteiger partial charge in [0.2, 0.25) is 0 Å². The highest BCUT2D eigenvalue weighted by Gasteiger charge is 2.39. The Morgan fingerprint density at radius 2 is 2.35 bits per heavy atom. The molecule has 0 radical (unpaired) electrons. The first-order valence-corrected chi connectivity index (χ1v) is 7.95. The Morgan fingerprint density at radius 1 is 1.48 bits per heavy atom. The second-order valence-corrected chi connectivity index (χ2v) is 6.23. The van der Waals surface area contributed by atoms with Crippen molar-refractivity contribution in [3.8, 4) is 18.4 Å². The number of nitrogens with one attached hydrogen (secondary N) is 2. The number of carbonyl (C=O) groups excluding carboxylic acids is 1. The number of urea groups is 1. The van der Waals surface area contributed by atoms with E-state index in [0.717, 1.165) is 19.5 Å². The van der Waals surface area contributed by atoms with Gasteiger partial charge in [0, 0.05) is 30.7 Å². The summed E-state index contributed by atoms with van der Waals surface area (Å²) < 4.78 is 0. The van der Waals surface area contributed by atoms with Gasteiger partial charge in [-0.05, 0) is 43.5 Å². The fourth-order valence-electron chi connectivity index (χ4n) is 3.59. The molecule has 2 bridgehead atoms. The van der Waals surface area contributed by atoms with E-state index in [1.54, 1.807) is 24.3 Å². The minimum Gasteiger partial charge on any atom is -0.336 e. The van der Waals surface area contributed by atoms with Gasteiger partial charge in [0.15, 0.2) is 0 Å². The van der Waals surface area contributed by atoms with Gasteiger partial charge in [0.25, 0.3) is 0 Å². The Kier molecular flexibility index (Phi) is 4.50. The number of piperidine rings is 3. The summed E-state index contributed by atoms with van der Waals surface area (Å²) in [5.41, 5.74) is 1.15. The first-order valence-electron chi connectivity index (χ1n) is 7.95. The lowest BCUT2D eigenvalue weighted by atomic mass is 9.76. The van der Waals surface area contributed by atoms with Crippen molar-refractivity contribution in [2.45, 2.75) is 18.9 Å². The number of benzene rings is 1. The van der Waals surface area contributed by atoms with Crippen LogP contribution in [0, 0.1) is 35.5 Å². The van der Waals surface area contributed by atoms with Crippen LogP contribution in [0.15, 0.2) is 24.3 Å². The first kappa shape index (κ1) is 15.4. The van der Waals surface area contributed by atoms with Gasteiger partial charge in [-0.15, -0.1) is 12.3 Å². The Bertz CT molecular complexity index is 672. The van der Waals surface area contributed by atoms with Crippen LogP contribution >= 0.6 is 0 Å². The summed E-state index contributed by atoms with van der Waals surface area (Å²) in [5, 5.41) is 14.6. The smallest absolute Gasteiger partial charge is 0.319 e. The third-order valence-corrected chi connectivity index (χ3v) is 4.84. The predicted octanol–water partition coefficient (Wildman–Crippen LogP) is 2.02. The average Bonchev–Trinajstić information content (AvgIpc) is 2.60. The number of amides is 2. The number of fused-ring (bicyclic) bond motifs is 3. The van der Waals surface area contributed by atoms with Gasteiger partial charge in [-0.3, -0.25) is 4.90 Å². The summed E-state index contributed by atoms with van der Waals surface area (Å²) in [7, 11) is 0. The molecular weight excluding hydrogens is 288 g/mol. The van der Waals surface area contributed by atoms with E-state index in [1.165, 1.54) is 6.42 Å². The Labute approximate surface area is 136 Å². The minimum absolute atomic E-state index is 0.240.